The van der Waals surface area contributed by atoms with E-state index in [2.05, 4.69) is 31.0 Å². The lowest BCUT2D eigenvalue weighted by molar-refractivity contribution is -0.174. The van der Waals surface area contributed by atoms with Crippen LogP contribution in [-0.2, 0) is 9.53 Å². The van der Waals surface area contributed by atoms with E-state index in [-0.39, 0.29) is 13.0 Å². The van der Waals surface area contributed by atoms with Crippen LogP contribution in [0.25, 0.3) is 0 Å². The Hall–Kier alpha value is -1.15. The number of carbonyl (C=O) groups is 1. The number of alkyl halides is 3. The molecule has 1 aromatic rings. The molecule has 1 N–H and O–H groups in total. The third-order valence-corrected chi connectivity index (χ3v) is 2.22. The second kappa shape index (κ2) is 6.69. The van der Waals surface area contributed by atoms with Gasteiger partial charge in [-0.15, -0.1) is 0 Å². The zero-order chi connectivity index (χ0) is 13.6. The van der Waals surface area contributed by atoms with Crippen molar-refractivity contribution in [3.05, 3.63) is 22.9 Å². The molecule has 100 valence electrons. The van der Waals surface area contributed by atoms with Crippen LogP contribution in [0.1, 0.15) is 6.42 Å². The molecule has 18 heavy (non-hydrogen) atoms. The summed E-state index contributed by atoms with van der Waals surface area (Å²) in [5.74, 6) is -0.429. The van der Waals surface area contributed by atoms with Crippen molar-refractivity contribution in [3.63, 3.8) is 0 Å². The molecule has 0 atom stereocenters. The molecule has 0 fully saturated rings. The third kappa shape index (κ3) is 6.55. The van der Waals surface area contributed by atoms with E-state index in [0.717, 1.165) is 0 Å². The van der Waals surface area contributed by atoms with Crippen molar-refractivity contribution >= 4 is 27.5 Å². The van der Waals surface area contributed by atoms with Gasteiger partial charge >= 0.3 is 6.18 Å². The molecule has 0 aliphatic rings. The van der Waals surface area contributed by atoms with E-state index in [1.807, 2.05) is 0 Å². The van der Waals surface area contributed by atoms with Gasteiger partial charge in [-0.05, 0) is 28.1 Å². The van der Waals surface area contributed by atoms with Crippen LogP contribution in [0.4, 0.5) is 18.9 Å². The van der Waals surface area contributed by atoms with Crippen molar-refractivity contribution in [3.8, 4) is 0 Å². The fraction of sp³-hybridized carbons (Fsp3) is 0.400. The molecule has 0 aliphatic heterocycles. The number of nitrogens with zero attached hydrogens (tertiary/aromatic N) is 1. The van der Waals surface area contributed by atoms with Crippen molar-refractivity contribution in [2.75, 3.05) is 18.5 Å². The Morgan fingerprint density at radius 3 is 2.72 bits per heavy atom. The van der Waals surface area contributed by atoms with Gasteiger partial charge in [0.15, 0.2) is 0 Å². The highest BCUT2D eigenvalue weighted by Gasteiger charge is 2.27. The number of rotatable bonds is 5. The normalized spacial score (nSPS) is 11.3. The maximum absolute atomic E-state index is 11.7. The maximum Gasteiger partial charge on any atom is 0.411 e. The SMILES string of the molecule is O=C(CCOCC(F)(F)F)Nc1ccc(Br)nc1. The van der Waals surface area contributed by atoms with E-state index >= 15 is 0 Å². The number of carbonyl (C=O) groups excluding carboxylic acids is 1. The van der Waals surface area contributed by atoms with E-state index in [4.69, 9.17) is 0 Å². The Balaban J connectivity index is 2.24. The van der Waals surface area contributed by atoms with E-state index in [1.54, 1.807) is 12.1 Å². The number of amides is 1. The smallest absolute Gasteiger partial charge is 0.372 e. The highest BCUT2D eigenvalue weighted by Crippen LogP contribution is 2.14. The van der Waals surface area contributed by atoms with Crippen LogP contribution in [0, 0.1) is 0 Å². The molecule has 8 heteroatoms. The summed E-state index contributed by atoms with van der Waals surface area (Å²) in [5, 5.41) is 2.48. The lowest BCUT2D eigenvalue weighted by Gasteiger charge is -2.08. The predicted octanol–water partition coefficient (Wildman–Crippen LogP) is 2.75. The summed E-state index contributed by atoms with van der Waals surface area (Å²) in [6.45, 7) is -1.63. The van der Waals surface area contributed by atoms with Gasteiger partial charge in [0.2, 0.25) is 5.91 Å². The predicted molar refractivity (Wildman–Crippen MR) is 62.1 cm³/mol. The van der Waals surface area contributed by atoms with Gasteiger partial charge in [0.1, 0.15) is 11.2 Å². The van der Waals surface area contributed by atoms with Crippen LogP contribution in [0.3, 0.4) is 0 Å². The first-order chi connectivity index (χ1) is 8.37. The molecular formula is C10H10BrF3N2O2. The molecule has 0 radical (unpaired) electrons. The number of aromatic nitrogens is 1. The Labute approximate surface area is 110 Å². The number of nitrogens with one attached hydrogen (secondary N) is 1. The lowest BCUT2D eigenvalue weighted by Crippen LogP contribution is -2.20. The van der Waals surface area contributed by atoms with Crippen molar-refractivity contribution < 1.29 is 22.7 Å². The summed E-state index contributed by atoms with van der Waals surface area (Å²) >= 11 is 3.13. The summed E-state index contributed by atoms with van der Waals surface area (Å²) in [4.78, 5) is 15.2. The molecule has 0 spiro atoms. The van der Waals surface area contributed by atoms with Crippen LogP contribution in [0.5, 0.6) is 0 Å². The van der Waals surface area contributed by atoms with Crippen LogP contribution >= 0.6 is 15.9 Å². The first-order valence-corrected chi connectivity index (χ1v) is 5.72. The first-order valence-electron chi connectivity index (χ1n) is 4.93. The molecule has 0 aliphatic carbocycles. The highest BCUT2D eigenvalue weighted by atomic mass is 79.9. The van der Waals surface area contributed by atoms with Gasteiger partial charge in [-0.25, -0.2) is 4.98 Å². The summed E-state index contributed by atoms with van der Waals surface area (Å²) < 4.78 is 40.1. The number of anilines is 1. The third-order valence-electron chi connectivity index (χ3n) is 1.75. The fourth-order valence-electron chi connectivity index (χ4n) is 1.03. The number of hydrogen-bond donors (Lipinski definition) is 1. The molecule has 1 amide bonds. The highest BCUT2D eigenvalue weighted by molar-refractivity contribution is 9.10. The molecule has 1 rings (SSSR count). The Morgan fingerprint density at radius 1 is 1.44 bits per heavy atom. The molecule has 1 heterocycles. The average Bonchev–Trinajstić information content (AvgIpc) is 2.26. The number of halogens is 4. The van der Waals surface area contributed by atoms with Crippen LogP contribution in [0.2, 0.25) is 0 Å². The molecule has 0 saturated heterocycles. The van der Waals surface area contributed by atoms with E-state index in [1.165, 1.54) is 6.20 Å². The van der Waals surface area contributed by atoms with E-state index in [0.29, 0.717) is 10.3 Å². The van der Waals surface area contributed by atoms with E-state index in [9.17, 15) is 18.0 Å². The number of hydrogen-bond acceptors (Lipinski definition) is 3. The van der Waals surface area contributed by atoms with Gasteiger partial charge in [-0.1, -0.05) is 0 Å². The first kappa shape index (κ1) is 14.9. The van der Waals surface area contributed by atoms with Gasteiger partial charge in [-0.2, -0.15) is 13.2 Å². The summed E-state index contributed by atoms with van der Waals surface area (Å²) in [7, 11) is 0. The zero-order valence-electron chi connectivity index (χ0n) is 9.13. The van der Waals surface area contributed by atoms with Crippen molar-refractivity contribution in [2.45, 2.75) is 12.6 Å². The van der Waals surface area contributed by atoms with Crippen LogP contribution < -0.4 is 5.32 Å². The topological polar surface area (TPSA) is 51.2 Å². The van der Waals surface area contributed by atoms with Crippen molar-refractivity contribution in [1.82, 2.24) is 4.98 Å². The second-order valence-electron chi connectivity index (χ2n) is 3.34. The minimum atomic E-state index is -4.37. The van der Waals surface area contributed by atoms with Gasteiger partial charge < -0.3 is 10.1 Å². The fourth-order valence-corrected chi connectivity index (χ4v) is 1.26. The maximum atomic E-state index is 11.7. The lowest BCUT2D eigenvalue weighted by atomic mass is 10.3. The largest absolute Gasteiger partial charge is 0.411 e. The minimum Gasteiger partial charge on any atom is -0.372 e. The monoisotopic (exact) mass is 326 g/mol. The molecule has 0 aromatic carbocycles. The second-order valence-corrected chi connectivity index (χ2v) is 4.15. The summed E-state index contributed by atoms with van der Waals surface area (Å²) in [6.07, 6.45) is -3.09. The Bertz CT molecular complexity index is 395. The molecule has 4 nitrogen and oxygen atoms in total. The Kier molecular flexibility index (Phi) is 5.54. The van der Waals surface area contributed by atoms with Gasteiger partial charge in [0.05, 0.1) is 24.9 Å². The summed E-state index contributed by atoms with van der Waals surface area (Å²) in [6, 6.07) is 3.25. The zero-order valence-corrected chi connectivity index (χ0v) is 10.7. The van der Waals surface area contributed by atoms with Crippen molar-refractivity contribution in [2.24, 2.45) is 0 Å². The molecule has 0 bridgehead atoms. The molecule has 0 unspecified atom stereocenters. The van der Waals surface area contributed by atoms with E-state index < -0.39 is 18.7 Å². The quantitative estimate of drug-likeness (QED) is 0.668. The van der Waals surface area contributed by atoms with Gasteiger partial charge in [0, 0.05) is 0 Å². The van der Waals surface area contributed by atoms with Gasteiger partial charge in [-0.3, -0.25) is 4.79 Å². The molecule has 1 aromatic heterocycles. The van der Waals surface area contributed by atoms with Crippen molar-refractivity contribution in [1.29, 1.82) is 0 Å². The number of pyridine rings is 1. The van der Waals surface area contributed by atoms with Crippen LogP contribution in [0.15, 0.2) is 22.9 Å². The average molecular weight is 327 g/mol. The molecular weight excluding hydrogens is 317 g/mol. The minimum absolute atomic E-state index is 0.147. The van der Waals surface area contributed by atoms with Crippen LogP contribution in [-0.4, -0.2) is 30.3 Å². The standard InChI is InChI=1S/C10H10BrF3N2O2/c11-8-2-1-7(5-15-8)16-9(17)3-4-18-6-10(12,13)14/h1-2,5H,3-4,6H2,(H,16,17). The number of ether oxygens (including phenoxy) is 1. The Morgan fingerprint density at radius 2 is 2.17 bits per heavy atom. The molecule has 0 saturated carbocycles. The van der Waals surface area contributed by atoms with Gasteiger partial charge in [0.25, 0.3) is 0 Å². The summed E-state index contributed by atoms with van der Waals surface area (Å²) in [5.41, 5.74) is 0.471.